The second kappa shape index (κ2) is 8.47. The SMILES string of the molecule is O=C(COc1cc(Cl)ccc1Cl)NC1CCN(C(=O)c2ccoc2)CC1. The molecule has 6 nitrogen and oxygen atoms in total. The minimum absolute atomic E-state index is 0.00864. The molecule has 1 aliphatic heterocycles. The Labute approximate surface area is 161 Å². The van der Waals surface area contributed by atoms with Crippen LogP contribution in [0, 0.1) is 0 Å². The molecule has 1 fully saturated rings. The Bertz CT molecular complexity index is 772. The van der Waals surface area contributed by atoms with Gasteiger partial charge in [0.2, 0.25) is 0 Å². The Morgan fingerprint density at radius 1 is 1.23 bits per heavy atom. The maximum Gasteiger partial charge on any atom is 0.258 e. The highest BCUT2D eigenvalue weighted by molar-refractivity contribution is 6.34. The number of carbonyl (C=O) groups excluding carboxylic acids is 2. The van der Waals surface area contributed by atoms with Crippen molar-refractivity contribution in [1.82, 2.24) is 10.2 Å². The number of likely N-dealkylation sites (tertiary alicyclic amines) is 1. The van der Waals surface area contributed by atoms with Gasteiger partial charge in [0.25, 0.3) is 11.8 Å². The van der Waals surface area contributed by atoms with Crippen LogP contribution in [0.5, 0.6) is 5.75 Å². The lowest BCUT2D eigenvalue weighted by atomic mass is 10.0. The van der Waals surface area contributed by atoms with Gasteiger partial charge >= 0.3 is 0 Å². The van der Waals surface area contributed by atoms with Gasteiger partial charge in [0.05, 0.1) is 16.8 Å². The first-order valence-corrected chi connectivity index (χ1v) is 8.97. The van der Waals surface area contributed by atoms with Crippen LogP contribution in [0.2, 0.25) is 10.0 Å². The fourth-order valence-electron chi connectivity index (χ4n) is 2.80. The lowest BCUT2D eigenvalue weighted by molar-refractivity contribution is -0.124. The molecule has 0 saturated carbocycles. The fraction of sp³-hybridized carbons (Fsp3) is 0.333. The molecule has 0 unspecified atom stereocenters. The van der Waals surface area contributed by atoms with E-state index in [2.05, 4.69) is 5.32 Å². The van der Waals surface area contributed by atoms with Gasteiger partial charge in [0.15, 0.2) is 6.61 Å². The minimum atomic E-state index is -0.236. The molecule has 1 N–H and O–H groups in total. The van der Waals surface area contributed by atoms with Crippen molar-refractivity contribution in [2.75, 3.05) is 19.7 Å². The molecule has 2 amide bonds. The summed E-state index contributed by atoms with van der Waals surface area (Å²) in [6.07, 6.45) is 4.29. The van der Waals surface area contributed by atoms with E-state index in [1.54, 1.807) is 29.2 Å². The molecule has 2 heterocycles. The second-order valence-corrected chi connectivity index (χ2v) is 6.85. The van der Waals surface area contributed by atoms with Crippen molar-refractivity contribution in [3.8, 4) is 5.75 Å². The van der Waals surface area contributed by atoms with E-state index in [0.29, 0.717) is 47.3 Å². The van der Waals surface area contributed by atoms with E-state index in [-0.39, 0.29) is 24.5 Å². The number of hydrogen-bond acceptors (Lipinski definition) is 4. The Morgan fingerprint density at radius 3 is 2.69 bits per heavy atom. The van der Waals surface area contributed by atoms with E-state index in [9.17, 15) is 9.59 Å². The largest absolute Gasteiger partial charge is 0.482 e. The molecule has 138 valence electrons. The predicted octanol–water partition coefficient (Wildman–Crippen LogP) is 3.39. The van der Waals surface area contributed by atoms with Gasteiger partial charge in [-0.2, -0.15) is 0 Å². The summed E-state index contributed by atoms with van der Waals surface area (Å²) in [5, 5.41) is 3.80. The molecular weight excluding hydrogens is 379 g/mol. The highest BCUT2D eigenvalue weighted by Crippen LogP contribution is 2.27. The molecule has 8 heteroatoms. The van der Waals surface area contributed by atoms with Crippen LogP contribution in [0.3, 0.4) is 0 Å². The van der Waals surface area contributed by atoms with Crippen LogP contribution >= 0.6 is 23.2 Å². The van der Waals surface area contributed by atoms with Crippen LogP contribution in [-0.4, -0.2) is 42.5 Å². The van der Waals surface area contributed by atoms with Gasteiger partial charge in [-0.1, -0.05) is 23.2 Å². The summed E-state index contributed by atoms with van der Waals surface area (Å²) in [5.74, 6) is 0.0814. The molecule has 1 aromatic heterocycles. The smallest absolute Gasteiger partial charge is 0.258 e. The Kier molecular flexibility index (Phi) is 6.06. The lowest BCUT2D eigenvalue weighted by Crippen LogP contribution is -2.47. The molecule has 1 saturated heterocycles. The Balaban J connectivity index is 1.43. The molecule has 2 aromatic rings. The fourth-order valence-corrected chi connectivity index (χ4v) is 3.13. The summed E-state index contributed by atoms with van der Waals surface area (Å²) in [6, 6.07) is 6.49. The van der Waals surface area contributed by atoms with Gasteiger partial charge < -0.3 is 19.4 Å². The zero-order valence-corrected chi connectivity index (χ0v) is 15.4. The zero-order chi connectivity index (χ0) is 18.5. The number of hydrogen-bond donors (Lipinski definition) is 1. The number of benzene rings is 1. The maximum absolute atomic E-state index is 12.2. The number of nitrogens with zero attached hydrogens (tertiary/aromatic N) is 1. The van der Waals surface area contributed by atoms with Crippen molar-refractivity contribution in [3.05, 3.63) is 52.4 Å². The minimum Gasteiger partial charge on any atom is -0.482 e. The molecule has 0 aliphatic carbocycles. The number of nitrogens with one attached hydrogen (secondary N) is 1. The average Bonchev–Trinajstić information content (AvgIpc) is 3.17. The molecule has 0 radical (unpaired) electrons. The first-order valence-electron chi connectivity index (χ1n) is 8.21. The van der Waals surface area contributed by atoms with Crippen molar-refractivity contribution < 1.29 is 18.7 Å². The summed E-state index contributed by atoms with van der Waals surface area (Å²) < 4.78 is 10.4. The van der Waals surface area contributed by atoms with E-state index < -0.39 is 0 Å². The first kappa shape index (κ1) is 18.6. The summed E-state index contributed by atoms with van der Waals surface area (Å²) in [6.45, 7) is 1.01. The number of carbonyl (C=O) groups is 2. The van der Waals surface area contributed by atoms with Crippen molar-refractivity contribution >= 4 is 35.0 Å². The van der Waals surface area contributed by atoms with E-state index in [1.165, 1.54) is 12.5 Å². The number of piperidine rings is 1. The summed E-state index contributed by atoms with van der Waals surface area (Å²) >= 11 is 11.9. The van der Waals surface area contributed by atoms with Crippen LogP contribution in [0.1, 0.15) is 23.2 Å². The molecule has 0 atom stereocenters. The Morgan fingerprint density at radius 2 is 2.00 bits per heavy atom. The molecule has 0 bridgehead atoms. The van der Waals surface area contributed by atoms with E-state index in [0.717, 1.165) is 0 Å². The number of furan rings is 1. The van der Waals surface area contributed by atoms with E-state index in [4.69, 9.17) is 32.4 Å². The zero-order valence-electron chi connectivity index (χ0n) is 13.9. The lowest BCUT2D eigenvalue weighted by Gasteiger charge is -2.32. The summed E-state index contributed by atoms with van der Waals surface area (Å²) in [4.78, 5) is 26.1. The van der Waals surface area contributed by atoms with Crippen molar-refractivity contribution in [2.24, 2.45) is 0 Å². The third-order valence-electron chi connectivity index (χ3n) is 4.17. The standard InChI is InChI=1S/C18H18Cl2N2O4/c19-13-1-2-15(20)16(9-13)26-11-17(23)21-14-3-6-22(7-4-14)18(24)12-5-8-25-10-12/h1-2,5,8-10,14H,3-4,6-7,11H2,(H,21,23). The van der Waals surface area contributed by atoms with Crippen LogP contribution in [0.25, 0.3) is 0 Å². The topological polar surface area (TPSA) is 71.8 Å². The number of ether oxygens (including phenoxy) is 1. The molecule has 0 spiro atoms. The van der Waals surface area contributed by atoms with Gasteiger partial charge in [-0.05, 0) is 31.0 Å². The summed E-state index contributed by atoms with van der Waals surface area (Å²) in [5.41, 5.74) is 0.541. The van der Waals surface area contributed by atoms with Gasteiger partial charge in [0.1, 0.15) is 12.0 Å². The predicted molar refractivity (Wildman–Crippen MR) is 97.7 cm³/mol. The van der Waals surface area contributed by atoms with Gasteiger partial charge in [-0.15, -0.1) is 0 Å². The first-order chi connectivity index (χ1) is 12.5. The quantitative estimate of drug-likeness (QED) is 0.840. The Hall–Kier alpha value is -2.18. The number of amides is 2. The summed E-state index contributed by atoms with van der Waals surface area (Å²) in [7, 11) is 0. The third-order valence-corrected chi connectivity index (χ3v) is 4.71. The monoisotopic (exact) mass is 396 g/mol. The normalized spacial score (nSPS) is 14.9. The molecule has 26 heavy (non-hydrogen) atoms. The van der Waals surface area contributed by atoms with Crippen LogP contribution in [0.4, 0.5) is 0 Å². The van der Waals surface area contributed by atoms with Crippen molar-refractivity contribution in [2.45, 2.75) is 18.9 Å². The van der Waals surface area contributed by atoms with Gasteiger partial charge in [-0.3, -0.25) is 9.59 Å². The van der Waals surface area contributed by atoms with Crippen LogP contribution in [0.15, 0.2) is 41.2 Å². The third kappa shape index (κ3) is 4.71. The molecule has 1 aromatic carbocycles. The average molecular weight is 397 g/mol. The molecule has 3 rings (SSSR count). The van der Waals surface area contributed by atoms with E-state index >= 15 is 0 Å². The van der Waals surface area contributed by atoms with E-state index in [1.807, 2.05) is 0 Å². The van der Waals surface area contributed by atoms with Gasteiger partial charge in [0, 0.05) is 30.2 Å². The molecular formula is C18H18Cl2N2O4. The number of halogens is 2. The molecule has 1 aliphatic rings. The van der Waals surface area contributed by atoms with Crippen molar-refractivity contribution in [1.29, 1.82) is 0 Å². The van der Waals surface area contributed by atoms with Crippen LogP contribution in [-0.2, 0) is 4.79 Å². The number of rotatable bonds is 5. The van der Waals surface area contributed by atoms with Crippen molar-refractivity contribution in [3.63, 3.8) is 0 Å². The maximum atomic E-state index is 12.2. The highest BCUT2D eigenvalue weighted by atomic mass is 35.5. The van der Waals surface area contributed by atoms with Crippen LogP contribution < -0.4 is 10.1 Å². The van der Waals surface area contributed by atoms with Gasteiger partial charge in [-0.25, -0.2) is 0 Å². The highest BCUT2D eigenvalue weighted by Gasteiger charge is 2.25. The second-order valence-electron chi connectivity index (χ2n) is 6.01.